The highest BCUT2D eigenvalue weighted by atomic mass is 16.2. The second kappa shape index (κ2) is 9.04. The summed E-state index contributed by atoms with van der Waals surface area (Å²) in [6.45, 7) is 4.10. The molecular weight excluding hydrogens is 406 g/mol. The van der Waals surface area contributed by atoms with Crippen LogP contribution in [0.1, 0.15) is 34.6 Å². The van der Waals surface area contributed by atoms with E-state index >= 15 is 0 Å². The highest BCUT2D eigenvalue weighted by Gasteiger charge is 2.24. The first-order valence-corrected chi connectivity index (χ1v) is 11.3. The van der Waals surface area contributed by atoms with Gasteiger partial charge in [0, 0.05) is 38.8 Å². The minimum Gasteiger partial charge on any atom is -0.335 e. The molecule has 3 aromatic rings. The summed E-state index contributed by atoms with van der Waals surface area (Å²) in [7, 11) is 0. The zero-order valence-electron chi connectivity index (χ0n) is 18.1. The van der Waals surface area contributed by atoms with Gasteiger partial charge >= 0.3 is 0 Å². The highest BCUT2D eigenvalue weighted by Crippen LogP contribution is 2.17. The Hall–Kier alpha value is -3.33. The van der Waals surface area contributed by atoms with Crippen LogP contribution in [0, 0.1) is 0 Å². The Kier molecular flexibility index (Phi) is 5.81. The highest BCUT2D eigenvalue weighted by molar-refractivity contribution is 5.92. The van der Waals surface area contributed by atoms with Gasteiger partial charge < -0.3 is 4.90 Å². The predicted molar refractivity (Wildman–Crippen MR) is 119 cm³/mol. The van der Waals surface area contributed by atoms with Gasteiger partial charge in [0.25, 0.3) is 11.5 Å². The van der Waals surface area contributed by atoms with E-state index < -0.39 is 0 Å². The number of amides is 1. The molecule has 0 saturated carbocycles. The molecule has 0 spiro atoms. The topological polar surface area (TPSA) is 89.2 Å². The number of rotatable bonds is 5. The third-order valence-corrected chi connectivity index (χ3v) is 6.26. The minimum absolute atomic E-state index is 0.0130. The number of piperazine rings is 1. The van der Waals surface area contributed by atoms with Gasteiger partial charge in [-0.2, -0.15) is 15.0 Å². The molecule has 166 valence electrons. The third-order valence-electron chi connectivity index (χ3n) is 6.26. The third kappa shape index (κ3) is 4.34. The zero-order valence-corrected chi connectivity index (χ0v) is 18.1. The summed E-state index contributed by atoms with van der Waals surface area (Å²) in [5, 5.41) is 13.2. The lowest BCUT2D eigenvalue weighted by Crippen LogP contribution is -2.49. The standard InChI is InChI=1S/C23H27N7O2/c31-22-16-18-6-4-5-9-20(18)25-29(22)15-12-27-10-13-28(14-11-27)23(32)21-17-24-30(26-21)19-7-2-1-3-8-19/h1-3,7-8,16-17H,4-6,9-15H2. The van der Waals surface area contributed by atoms with E-state index in [-0.39, 0.29) is 11.5 Å². The summed E-state index contributed by atoms with van der Waals surface area (Å²) in [6, 6.07) is 11.3. The molecule has 9 heteroatoms. The maximum absolute atomic E-state index is 12.8. The fourth-order valence-electron chi connectivity index (χ4n) is 4.38. The van der Waals surface area contributed by atoms with Crippen LogP contribution in [0.2, 0.25) is 0 Å². The lowest BCUT2D eigenvalue weighted by molar-refractivity contribution is 0.0625. The molecule has 0 radical (unpaired) electrons. The van der Waals surface area contributed by atoms with Crippen molar-refractivity contribution in [1.82, 2.24) is 34.6 Å². The van der Waals surface area contributed by atoms with Crippen LogP contribution < -0.4 is 5.56 Å². The van der Waals surface area contributed by atoms with E-state index in [2.05, 4.69) is 20.2 Å². The monoisotopic (exact) mass is 433 g/mol. The normalized spacial score (nSPS) is 16.7. The maximum atomic E-state index is 12.8. The first-order valence-electron chi connectivity index (χ1n) is 11.3. The molecule has 2 aliphatic rings. The smallest absolute Gasteiger partial charge is 0.276 e. The minimum atomic E-state index is -0.0978. The maximum Gasteiger partial charge on any atom is 0.276 e. The van der Waals surface area contributed by atoms with E-state index in [4.69, 9.17) is 0 Å². The van der Waals surface area contributed by atoms with E-state index in [9.17, 15) is 9.59 Å². The van der Waals surface area contributed by atoms with E-state index in [0.717, 1.165) is 62.3 Å². The van der Waals surface area contributed by atoms with E-state index in [1.54, 1.807) is 10.7 Å². The summed E-state index contributed by atoms with van der Waals surface area (Å²) in [4.78, 5) is 30.8. The largest absolute Gasteiger partial charge is 0.335 e. The number of aryl methyl sites for hydroxylation is 2. The van der Waals surface area contributed by atoms with Crippen molar-refractivity contribution in [3.8, 4) is 5.69 Å². The second-order valence-electron chi connectivity index (χ2n) is 8.37. The van der Waals surface area contributed by atoms with Crippen LogP contribution in [0.4, 0.5) is 0 Å². The molecule has 0 N–H and O–H groups in total. The summed E-state index contributed by atoms with van der Waals surface area (Å²) < 4.78 is 1.60. The fourth-order valence-corrected chi connectivity index (χ4v) is 4.38. The number of para-hydroxylation sites is 1. The number of nitrogens with zero attached hydrogens (tertiary/aromatic N) is 7. The molecule has 1 aliphatic heterocycles. The van der Waals surface area contributed by atoms with Gasteiger partial charge in [0.05, 0.1) is 24.1 Å². The number of benzene rings is 1. The molecular formula is C23H27N7O2. The molecule has 1 saturated heterocycles. The van der Waals surface area contributed by atoms with Crippen molar-refractivity contribution in [2.24, 2.45) is 0 Å². The first-order chi connectivity index (χ1) is 15.7. The molecule has 5 rings (SSSR count). The molecule has 9 nitrogen and oxygen atoms in total. The van der Waals surface area contributed by atoms with Gasteiger partial charge in [0.15, 0.2) is 5.69 Å². The summed E-state index contributed by atoms with van der Waals surface area (Å²) in [5.74, 6) is -0.0978. The average Bonchev–Trinajstić information content (AvgIpc) is 3.34. The van der Waals surface area contributed by atoms with Gasteiger partial charge in [0.2, 0.25) is 0 Å². The van der Waals surface area contributed by atoms with Crippen molar-refractivity contribution in [2.75, 3.05) is 32.7 Å². The Morgan fingerprint density at radius 1 is 0.938 bits per heavy atom. The molecule has 2 aromatic heterocycles. The van der Waals surface area contributed by atoms with Crippen LogP contribution >= 0.6 is 0 Å². The molecule has 3 heterocycles. The average molecular weight is 434 g/mol. The van der Waals surface area contributed by atoms with Crippen LogP contribution in [-0.4, -0.2) is 73.2 Å². The van der Waals surface area contributed by atoms with Crippen LogP contribution in [0.3, 0.4) is 0 Å². The van der Waals surface area contributed by atoms with E-state index in [1.807, 2.05) is 35.2 Å². The second-order valence-corrected chi connectivity index (χ2v) is 8.37. The van der Waals surface area contributed by atoms with Crippen molar-refractivity contribution in [2.45, 2.75) is 32.2 Å². The number of carbonyl (C=O) groups is 1. The predicted octanol–water partition coefficient (Wildman–Crippen LogP) is 1.16. The Morgan fingerprint density at radius 3 is 2.53 bits per heavy atom. The SMILES string of the molecule is O=C(c1cnn(-c2ccccc2)n1)N1CCN(CCn2nc3c(cc2=O)CCCC3)CC1. The van der Waals surface area contributed by atoms with Gasteiger partial charge in [-0.1, -0.05) is 18.2 Å². The van der Waals surface area contributed by atoms with E-state index in [1.165, 1.54) is 11.0 Å². The quantitative estimate of drug-likeness (QED) is 0.600. The number of carbonyl (C=O) groups excluding carboxylic acids is 1. The first kappa shape index (κ1) is 20.6. The lowest BCUT2D eigenvalue weighted by atomic mass is 9.97. The van der Waals surface area contributed by atoms with Crippen molar-refractivity contribution in [3.63, 3.8) is 0 Å². The zero-order chi connectivity index (χ0) is 21.9. The number of aromatic nitrogens is 5. The molecule has 1 fully saturated rings. The van der Waals surface area contributed by atoms with Gasteiger partial charge in [-0.25, -0.2) is 4.68 Å². The Morgan fingerprint density at radius 2 is 1.72 bits per heavy atom. The fraction of sp³-hybridized carbons (Fsp3) is 0.435. The molecule has 32 heavy (non-hydrogen) atoms. The summed E-state index contributed by atoms with van der Waals surface area (Å²) in [5.41, 5.74) is 3.36. The van der Waals surface area contributed by atoms with Crippen molar-refractivity contribution < 1.29 is 4.79 Å². The molecule has 0 bridgehead atoms. The molecule has 1 aliphatic carbocycles. The Balaban J connectivity index is 1.15. The summed E-state index contributed by atoms with van der Waals surface area (Å²) in [6.07, 6.45) is 5.74. The molecule has 1 aromatic carbocycles. The van der Waals surface area contributed by atoms with Crippen LogP contribution in [-0.2, 0) is 19.4 Å². The van der Waals surface area contributed by atoms with Gasteiger partial charge in [-0.3, -0.25) is 14.5 Å². The van der Waals surface area contributed by atoms with Crippen molar-refractivity contribution in [1.29, 1.82) is 0 Å². The van der Waals surface area contributed by atoms with Crippen LogP contribution in [0.5, 0.6) is 0 Å². The Labute approximate surface area is 186 Å². The number of hydrogen-bond donors (Lipinski definition) is 0. The van der Waals surface area contributed by atoms with Crippen molar-refractivity contribution >= 4 is 5.91 Å². The molecule has 0 atom stereocenters. The Bertz CT molecular complexity index is 1150. The summed E-state index contributed by atoms with van der Waals surface area (Å²) >= 11 is 0. The van der Waals surface area contributed by atoms with Gasteiger partial charge in [-0.15, -0.1) is 5.10 Å². The van der Waals surface area contributed by atoms with Crippen LogP contribution in [0.25, 0.3) is 5.69 Å². The van der Waals surface area contributed by atoms with Gasteiger partial charge in [0.1, 0.15) is 0 Å². The number of fused-ring (bicyclic) bond motifs is 1. The molecule has 1 amide bonds. The number of hydrogen-bond acceptors (Lipinski definition) is 6. The van der Waals surface area contributed by atoms with E-state index in [0.29, 0.717) is 25.3 Å². The molecule has 0 unspecified atom stereocenters. The van der Waals surface area contributed by atoms with Crippen molar-refractivity contribution in [3.05, 3.63) is 69.9 Å². The van der Waals surface area contributed by atoms with Gasteiger partial charge in [-0.05, 0) is 43.4 Å². The lowest BCUT2D eigenvalue weighted by Gasteiger charge is -2.34. The van der Waals surface area contributed by atoms with Crippen LogP contribution in [0.15, 0.2) is 47.4 Å².